The number of aromatic nitrogens is 1. The summed E-state index contributed by atoms with van der Waals surface area (Å²) in [5, 5.41) is 4.14. The van der Waals surface area contributed by atoms with E-state index >= 15 is 0 Å². The fourth-order valence-electron chi connectivity index (χ4n) is 0.813. The largest absolute Gasteiger partial charge is 0.256 e. The molecule has 0 atom stereocenters. The van der Waals surface area contributed by atoms with Crippen molar-refractivity contribution in [2.24, 2.45) is 0 Å². The second kappa shape index (κ2) is 1.81. The average molecular weight is 135 g/mol. The number of rotatable bonds is 0. The van der Waals surface area contributed by atoms with Gasteiger partial charge in [0, 0.05) is 17.1 Å². The molecule has 0 aromatic carbocycles. The quantitative estimate of drug-likeness (QED) is 0.540. The zero-order chi connectivity index (χ0) is 6.10. The molecule has 0 amide bonds. The molecule has 0 aromatic rings. The molecule has 0 fully saturated rings. The summed E-state index contributed by atoms with van der Waals surface area (Å²) in [4.78, 5) is 4.13. The Balaban J connectivity index is 2.79. The molecule has 0 aliphatic carbocycles. The van der Waals surface area contributed by atoms with Crippen LogP contribution < -0.4 is 0 Å². The number of hydrogen-bond donors (Lipinski definition) is 0. The topological polar surface area (TPSA) is 12.9 Å². The lowest BCUT2D eigenvalue weighted by Crippen LogP contribution is -1.68. The van der Waals surface area contributed by atoms with Crippen LogP contribution in [0.5, 0.6) is 0 Å². The van der Waals surface area contributed by atoms with Gasteiger partial charge in [0.15, 0.2) is 0 Å². The van der Waals surface area contributed by atoms with Crippen molar-refractivity contribution >= 4 is 11.3 Å². The molecule has 2 aliphatic rings. The first-order valence-electron chi connectivity index (χ1n) is 2.74. The van der Waals surface area contributed by atoms with Crippen molar-refractivity contribution in [1.29, 1.82) is 0 Å². The molecular formula is C7H5NS. The van der Waals surface area contributed by atoms with Crippen molar-refractivity contribution in [3.63, 3.8) is 0 Å². The minimum absolute atomic E-state index is 1.09. The summed E-state index contributed by atoms with van der Waals surface area (Å²) in [6.45, 7) is 0. The summed E-state index contributed by atoms with van der Waals surface area (Å²) in [5.74, 6) is 0. The Morgan fingerprint density at radius 3 is 3.22 bits per heavy atom. The van der Waals surface area contributed by atoms with Crippen LogP contribution in [-0.2, 0) is 0 Å². The Morgan fingerprint density at radius 1 is 1.33 bits per heavy atom. The van der Waals surface area contributed by atoms with Crippen molar-refractivity contribution in [2.45, 2.75) is 0 Å². The predicted molar refractivity (Wildman–Crippen MR) is 38.7 cm³/mol. The highest BCUT2D eigenvalue weighted by atomic mass is 32.1. The van der Waals surface area contributed by atoms with E-state index in [2.05, 4.69) is 10.4 Å². The number of fused-ring (bicyclic) bond motifs is 1. The van der Waals surface area contributed by atoms with E-state index in [0.717, 1.165) is 5.69 Å². The van der Waals surface area contributed by atoms with Crippen LogP contribution in [0.25, 0.3) is 11.3 Å². The number of nitrogens with zero attached hydrogens (tertiary/aromatic N) is 1. The van der Waals surface area contributed by atoms with Crippen molar-refractivity contribution in [1.82, 2.24) is 4.98 Å². The van der Waals surface area contributed by atoms with Crippen LogP contribution in [0.15, 0.2) is 29.1 Å². The van der Waals surface area contributed by atoms with E-state index in [1.165, 1.54) is 5.56 Å². The Morgan fingerprint density at radius 2 is 2.33 bits per heavy atom. The third-order valence-corrected chi connectivity index (χ3v) is 1.95. The average Bonchev–Trinajstić information content (AvgIpc) is 2.33. The lowest BCUT2D eigenvalue weighted by atomic mass is 10.3. The molecule has 0 saturated heterocycles. The van der Waals surface area contributed by atoms with Crippen LogP contribution in [0.1, 0.15) is 0 Å². The van der Waals surface area contributed by atoms with E-state index in [0.29, 0.717) is 0 Å². The van der Waals surface area contributed by atoms with E-state index in [9.17, 15) is 0 Å². The van der Waals surface area contributed by atoms with Crippen molar-refractivity contribution in [2.75, 3.05) is 0 Å². The Kier molecular flexibility index (Phi) is 0.993. The predicted octanol–water partition coefficient (Wildman–Crippen LogP) is 2.25. The van der Waals surface area contributed by atoms with Gasteiger partial charge in [-0.15, -0.1) is 0 Å². The lowest BCUT2D eigenvalue weighted by molar-refractivity contribution is 1.42. The maximum atomic E-state index is 4.13. The molecule has 44 valence electrons. The summed E-state index contributed by atoms with van der Waals surface area (Å²) >= 11 is 1.70. The number of hydrogen-bond acceptors (Lipinski definition) is 2. The highest BCUT2D eigenvalue weighted by Gasteiger charge is 1.98. The molecule has 0 aromatic heterocycles. The van der Waals surface area contributed by atoms with Gasteiger partial charge in [-0.1, -0.05) is 0 Å². The Labute approximate surface area is 57.3 Å². The summed E-state index contributed by atoms with van der Waals surface area (Å²) in [5.41, 5.74) is 2.33. The molecule has 0 bridgehead atoms. The lowest BCUT2D eigenvalue weighted by Gasteiger charge is -1.89. The van der Waals surface area contributed by atoms with Gasteiger partial charge in [-0.2, -0.15) is 11.3 Å². The van der Waals surface area contributed by atoms with Gasteiger partial charge in [0.1, 0.15) is 0 Å². The van der Waals surface area contributed by atoms with Crippen LogP contribution >= 0.6 is 11.3 Å². The monoisotopic (exact) mass is 135 g/mol. The van der Waals surface area contributed by atoms with Gasteiger partial charge in [-0.05, 0) is 17.5 Å². The normalized spacial score (nSPS) is 10.2. The van der Waals surface area contributed by atoms with Crippen LogP contribution in [0.2, 0.25) is 0 Å². The van der Waals surface area contributed by atoms with Gasteiger partial charge in [-0.3, -0.25) is 4.98 Å². The zero-order valence-corrected chi connectivity index (χ0v) is 5.56. The first kappa shape index (κ1) is 4.94. The molecule has 2 aliphatic heterocycles. The fraction of sp³-hybridized carbons (Fsp3) is 0. The molecule has 1 nitrogen and oxygen atoms in total. The van der Waals surface area contributed by atoms with Gasteiger partial charge in [0.25, 0.3) is 0 Å². The van der Waals surface area contributed by atoms with Crippen LogP contribution in [0.3, 0.4) is 0 Å². The smallest absolute Gasteiger partial charge is 0.0718 e. The molecular weight excluding hydrogens is 130 g/mol. The van der Waals surface area contributed by atoms with Crippen molar-refractivity contribution in [3.05, 3.63) is 29.1 Å². The van der Waals surface area contributed by atoms with Crippen LogP contribution in [0, 0.1) is 0 Å². The molecule has 0 saturated carbocycles. The SMILES string of the molecule is c1cc2csccc-2n1. The van der Waals surface area contributed by atoms with Gasteiger partial charge < -0.3 is 0 Å². The minimum atomic E-state index is 1.09. The van der Waals surface area contributed by atoms with E-state index in [-0.39, 0.29) is 0 Å². The maximum absolute atomic E-state index is 4.13. The second-order valence-electron chi connectivity index (χ2n) is 1.84. The minimum Gasteiger partial charge on any atom is -0.256 e. The molecule has 2 heterocycles. The van der Waals surface area contributed by atoms with Crippen molar-refractivity contribution in [3.8, 4) is 11.3 Å². The van der Waals surface area contributed by atoms with E-state index < -0.39 is 0 Å². The molecule has 0 N–H and O–H groups in total. The van der Waals surface area contributed by atoms with Gasteiger partial charge in [0.05, 0.1) is 5.69 Å². The molecule has 0 radical (unpaired) electrons. The fourth-order valence-corrected chi connectivity index (χ4v) is 1.44. The van der Waals surface area contributed by atoms with Gasteiger partial charge in [0.2, 0.25) is 0 Å². The third-order valence-electron chi connectivity index (χ3n) is 1.26. The van der Waals surface area contributed by atoms with Gasteiger partial charge >= 0.3 is 0 Å². The highest BCUT2D eigenvalue weighted by molar-refractivity contribution is 7.07. The molecule has 9 heavy (non-hydrogen) atoms. The van der Waals surface area contributed by atoms with E-state index in [4.69, 9.17) is 0 Å². The summed E-state index contributed by atoms with van der Waals surface area (Å²) in [7, 11) is 0. The van der Waals surface area contributed by atoms with Crippen LogP contribution in [-0.4, -0.2) is 4.98 Å². The van der Waals surface area contributed by atoms with E-state index in [1.807, 2.05) is 23.7 Å². The van der Waals surface area contributed by atoms with E-state index in [1.54, 1.807) is 11.3 Å². The molecule has 2 heteroatoms. The maximum Gasteiger partial charge on any atom is 0.0718 e. The first-order valence-corrected chi connectivity index (χ1v) is 3.68. The summed E-state index contributed by atoms with van der Waals surface area (Å²) in [6, 6.07) is 4.05. The molecule has 0 spiro atoms. The first-order chi connectivity index (χ1) is 4.47. The zero-order valence-electron chi connectivity index (χ0n) is 4.74. The van der Waals surface area contributed by atoms with Gasteiger partial charge in [-0.25, -0.2) is 0 Å². The summed E-state index contributed by atoms with van der Waals surface area (Å²) < 4.78 is 0. The third kappa shape index (κ3) is 0.715. The highest BCUT2D eigenvalue weighted by Crippen LogP contribution is 2.20. The van der Waals surface area contributed by atoms with Crippen molar-refractivity contribution < 1.29 is 0 Å². The Bertz CT molecular complexity index is 249. The van der Waals surface area contributed by atoms with Crippen LogP contribution in [0.4, 0.5) is 0 Å². The summed E-state index contributed by atoms with van der Waals surface area (Å²) in [6.07, 6.45) is 1.83. The Hall–Kier alpha value is -0.890. The standard InChI is InChI=1S/C7H5NS/c1-3-8-7-2-4-9-5-6(1)7/h1-5H. The second-order valence-corrected chi connectivity index (χ2v) is 2.62. The molecule has 2 rings (SSSR count). The molecule has 0 unspecified atom stereocenters.